The van der Waals surface area contributed by atoms with Crippen LogP contribution in [0.25, 0.3) is 0 Å². The first-order chi connectivity index (χ1) is 13.1. The van der Waals surface area contributed by atoms with Crippen LogP contribution in [0, 0.1) is 11.6 Å². The Kier molecular flexibility index (Phi) is 5.71. The minimum absolute atomic E-state index is 0.212. The van der Waals surface area contributed by atoms with Crippen molar-refractivity contribution in [2.24, 2.45) is 0 Å². The van der Waals surface area contributed by atoms with Gasteiger partial charge in [-0.05, 0) is 24.6 Å². The van der Waals surface area contributed by atoms with Crippen LogP contribution in [0.15, 0.2) is 60.9 Å². The Labute approximate surface area is 155 Å². The summed E-state index contributed by atoms with van der Waals surface area (Å²) in [4.78, 5) is 22.6. The number of rotatable bonds is 6. The maximum atomic E-state index is 13.3. The maximum Gasteiger partial charge on any atom is 0.274 e. The largest absolute Gasteiger partial charge is 0.339 e. The van der Waals surface area contributed by atoms with Crippen molar-refractivity contribution in [1.82, 2.24) is 14.9 Å². The predicted octanol–water partition coefficient (Wildman–Crippen LogP) is 4.16. The SMILES string of the molecule is CCN(Cc1ccccc1)C(=O)c1cnc(Nc2ccc(F)c(F)c2)cn1. The molecule has 0 saturated heterocycles. The molecule has 1 heterocycles. The molecule has 3 rings (SSSR count). The quantitative estimate of drug-likeness (QED) is 0.710. The van der Waals surface area contributed by atoms with Crippen molar-refractivity contribution in [3.05, 3.63) is 83.8 Å². The van der Waals surface area contributed by atoms with Gasteiger partial charge in [0.1, 0.15) is 11.5 Å². The second-order valence-electron chi connectivity index (χ2n) is 5.85. The van der Waals surface area contributed by atoms with Crippen LogP contribution in [0.5, 0.6) is 0 Å². The summed E-state index contributed by atoms with van der Waals surface area (Å²) >= 11 is 0. The molecule has 1 aromatic heterocycles. The van der Waals surface area contributed by atoms with E-state index in [0.29, 0.717) is 24.6 Å². The lowest BCUT2D eigenvalue weighted by Gasteiger charge is -2.20. The Balaban J connectivity index is 1.69. The summed E-state index contributed by atoms with van der Waals surface area (Å²) in [6.07, 6.45) is 2.74. The van der Waals surface area contributed by atoms with Gasteiger partial charge in [-0.15, -0.1) is 0 Å². The van der Waals surface area contributed by atoms with Crippen LogP contribution in [0.3, 0.4) is 0 Å². The van der Waals surface area contributed by atoms with Gasteiger partial charge in [-0.1, -0.05) is 30.3 Å². The van der Waals surface area contributed by atoms with E-state index in [4.69, 9.17) is 0 Å². The lowest BCUT2D eigenvalue weighted by atomic mass is 10.2. The van der Waals surface area contributed by atoms with E-state index in [0.717, 1.165) is 17.7 Å². The van der Waals surface area contributed by atoms with Gasteiger partial charge in [0.05, 0.1) is 12.4 Å². The molecule has 0 saturated carbocycles. The molecule has 3 aromatic rings. The van der Waals surface area contributed by atoms with Crippen LogP contribution >= 0.6 is 0 Å². The first-order valence-corrected chi connectivity index (χ1v) is 8.44. The van der Waals surface area contributed by atoms with Gasteiger partial charge in [0.2, 0.25) is 0 Å². The molecule has 0 spiro atoms. The zero-order chi connectivity index (χ0) is 19.2. The third-order valence-electron chi connectivity index (χ3n) is 3.95. The average molecular weight is 368 g/mol. The third kappa shape index (κ3) is 4.63. The zero-order valence-electron chi connectivity index (χ0n) is 14.7. The summed E-state index contributed by atoms with van der Waals surface area (Å²) in [6, 6.07) is 13.1. The molecule has 0 bridgehead atoms. The normalized spacial score (nSPS) is 10.5. The van der Waals surface area contributed by atoms with Gasteiger partial charge in [-0.2, -0.15) is 0 Å². The molecule has 7 heteroatoms. The molecule has 1 amide bonds. The minimum Gasteiger partial charge on any atom is -0.339 e. The highest BCUT2D eigenvalue weighted by Crippen LogP contribution is 2.17. The molecule has 0 unspecified atom stereocenters. The van der Waals surface area contributed by atoms with Crippen molar-refractivity contribution in [2.45, 2.75) is 13.5 Å². The van der Waals surface area contributed by atoms with E-state index in [2.05, 4.69) is 15.3 Å². The molecule has 2 aromatic carbocycles. The van der Waals surface area contributed by atoms with E-state index in [1.165, 1.54) is 18.5 Å². The minimum atomic E-state index is -0.959. The molecular weight excluding hydrogens is 350 g/mol. The number of amides is 1. The van der Waals surface area contributed by atoms with E-state index >= 15 is 0 Å². The number of hydrogen-bond donors (Lipinski definition) is 1. The highest BCUT2D eigenvalue weighted by Gasteiger charge is 2.16. The Morgan fingerprint density at radius 2 is 1.81 bits per heavy atom. The summed E-state index contributed by atoms with van der Waals surface area (Å²) in [5.74, 6) is -1.79. The summed E-state index contributed by atoms with van der Waals surface area (Å²) < 4.78 is 26.2. The van der Waals surface area contributed by atoms with Crippen molar-refractivity contribution in [2.75, 3.05) is 11.9 Å². The number of benzene rings is 2. The predicted molar refractivity (Wildman–Crippen MR) is 98.5 cm³/mol. The molecule has 27 heavy (non-hydrogen) atoms. The van der Waals surface area contributed by atoms with Gasteiger partial charge in [0, 0.05) is 24.8 Å². The highest BCUT2D eigenvalue weighted by atomic mass is 19.2. The number of nitrogens with zero attached hydrogens (tertiary/aromatic N) is 3. The Morgan fingerprint density at radius 1 is 1.04 bits per heavy atom. The summed E-state index contributed by atoms with van der Waals surface area (Å²) in [5.41, 5.74) is 1.57. The molecule has 0 aliphatic rings. The van der Waals surface area contributed by atoms with Gasteiger partial charge < -0.3 is 10.2 Å². The van der Waals surface area contributed by atoms with Crippen molar-refractivity contribution in [3.8, 4) is 0 Å². The first-order valence-electron chi connectivity index (χ1n) is 8.44. The topological polar surface area (TPSA) is 58.1 Å². The van der Waals surface area contributed by atoms with Crippen LogP contribution in [-0.2, 0) is 6.54 Å². The highest BCUT2D eigenvalue weighted by molar-refractivity contribution is 5.92. The van der Waals surface area contributed by atoms with E-state index < -0.39 is 11.6 Å². The van der Waals surface area contributed by atoms with Crippen LogP contribution in [0.2, 0.25) is 0 Å². The molecule has 138 valence electrons. The summed E-state index contributed by atoms with van der Waals surface area (Å²) in [7, 11) is 0. The van der Waals surface area contributed by atoms with E-state index in [-0.39, 0.29) is 11.6 Å². The lowest BCUT2D eigenvalue weighted by molar-refractivity contribution is 0.0746. The second-order valence-corrected chi connectivity index (χ2v) is 5.85. The van der Waals surface area contributed by atoms with Crippen molar-refractivity contribution >= 4 is 17.4 Å². The fourth-order valence-electron chi connectivity index (χ4n) is 2.52. The van der Waals surface area contributed by atoms with Crippen LogP contribution < -0.4 is 5.32 Å². The number of halogens is 2. The Morgan fingerprint density at radius 3 is 2.44 bits per heavy atom. The molecule has 0 atom stereocenters. The van der Waals surface area contributed by atoms with Gasteiger partial charge in [0.25, 0.3) is 5.91 Å². The van der Waals surface area contributed by atoms with E-state index in [1.807, 2.05) is 37.3 Å². The molecule has 0 fully saturated rings. The number of anilines is 2. The smallest absolute Gasteiger partial charge is 0.274 e. The summed E-state index contributed by atoms with van der Waals surface area (Å²) in [5, 5.41) is 2.82. The standard InChI is InChI=1S/C20H18F2N4O/c1-2-26(13-14-6-4-3-5-7-14)20(27)18-11-24-19(12-23-18)25-15-8-9-16(21)17(22)10-15/h3-12H,2,13H2,1H3,(H,24,25). The average Bonchev–Trinajstić information content (AvgIpc) is 2.70. The van der Waals surface area contributed by atoms with Gasteiger partial charge >= 0.3 is 0 Å². The third-order valence-corrected chi connectivity index (χ3v) is 3.95. The number of nitrogens with one attached hydrogen (secondary N) is 1. The second kappa shape index (κ2) is 8.35. The monoisotopic (exact) mass is 368 g/mol. The van der Waals surface area contributed by atoms with Crippen molar-refractivity contribution in [3.63, 3.8) is 0 Å². The van der Waals surface area contributed by atoms with Crippen LogP contribution in [0.4, 0.5) is 20.3 Å². The molecular formula is C20H18F2N4O. The molecule has 0 aliphatic heterocycles. The first kappa shape index (κ1) is 18.4. The van der Waals surface area contributed by atoms with Gasteiger partial charge in [0.15, 0.2) is 11.6 Å². The lowest BCUT2D eigenvalue weighted by Crippen LogP contribution is -2.31. The number of hydrogen-bond acceptors (Lipinski definition) is 4. The van der Waals surface area contributed by atoms with E-state index in [9.17, 15) is 13.6 Å². The van der Waals surface area contributed by atoms with Crippen molar-refractivity contribution in [1.29, 1.82) is 0 Å². The fraction of sp³-hybridized carbons (Fsp3) is 0.150. The molecule has 1 N–H and O–H groups in total. The summed E-state index contributed by atoms with van der Waals surface area (Å²) in [6.45, 7) is 2.91. The van der Waals surface area contributed by atoms with Gasteiger partial charge in [-0.3, -0.25) is 4.79 Å². The van der Waals surface area contributed by atoms with Crippen LogP contribution in [-0.4, -0.2) is 27.3 Å². The fourth-order valence-corrected chi connectivity index (χ4v) is 2.52. The zero-order valence-corrected chi connectivity index (χ0v) is 14.7. The number of carbonyl (C=O) groups excluding carboxylic acids is 1. The molecule has 0 aliphatic carbocycles. The number of aromatic nitrogens is 2. The molecule has 5 nitrogen and oxygen atoms in total. The van der Waals surface area contributed by atoms with E-state index in [1.54, 1.807) is 4.90 Å². The van der Waals surface area contributed by atoms with Crippen molar-refractivity contribution < 1.29 is 13.6 Å². The molecule has 0 radical (unpaired) electrons. The Bertz CT molecular complexity index is 917. The Hall–Kier alpha value is -3.35. The number of carbonyl (C=O) groups is 1. The van der Waals surface area contributed by atoms with Crippen LogP contribution in [0.1, 0.15) is 23.0 Å². The van der Waals surface area contributed by atoms with Gasteiger partial charge in [-0.25, -0.2) is 18.7 Å². The maximum absolute atomic E-state index is 13.3.